The summed E-state index contributed by atoms with van der Waals surface area (Å²) in [7, 11) is 0. The van der Waals surface area contributed by atoms with Crippen molar-refractivity contribution in [1.82, 2.24) is 10.2 Å². The molecule has 0 aliphatic carbocycles. The fraction of sp³-hybridized carbons (Fsp3) is 0.864. The quantitative estimate of drug-likeness (QED) is 0.311. The van der Waals surface area contributed by atoms with Crippen molar-refractivity contribution in [2.45, 2.75) is 96.8 Å². The summed E-state index contributed by atoms with van der Waals surface area (Å²) in [6, 6.07) is 0. The highest BCUT2D eigenvalue weighted by atomic mass is 15.2. The van der Waals surface area contributed by atoms with Gasteiger partial charge in [0.1, 0.15) is 0 Å². The average Bonchev–Trinajstić information content (AvgIpc) is 3.14. The minimum absolute atomic E-state index is 0.959. The molecule has 1 N–H and O–H groups in total. The third kappa shape index (κ3) is 15.2. The van der Waals surface area contributed by atoms with Crippen LogP contribution in [0.2, 0.25) is 0 Å². The lowest BCUT2D eigenvalue weighted by molar-refractivity contribution is 0.532. The number of nitrogens with zero attached hydrogens (tertiary/aromatic N) is 2. The van der Waals surface area contributed by atoms with Crippen LogP contribution in [-0.4, -0.2) is 37.4 Å². The molecular weight excluding hydrogens is 306 g/mol. The average molecular weight is 350 g/mol. The van der Waals surface area contributed by atoms with Gasteiger partial charge in [0.25, 0.3) is 0 Å². The van der Waals surface area contributed by atoms with Crippen LogP contribution in [0.3, 0.4) is 0 Å². The molecule has 0 bridgehead atoms. The van der Waals surface area contributed by atoms with Gasteiger partial charge in [0, 0.05) is 12.7 Å². The smallest absolute Gasteiger partial charge is 0.0890 e. The largest absolute Gasteiger partial charge is 0.338 e. The Bertz CT molecular complexity index is 325. The Morgan fingerprint density at radius 2 is 1.40 bits per heavy atom. The third-order valence-electron chi connectivity index (χ3n) is 4.99. The van der Waals surface area contributed by atoms with Crippen molar-refractivity contribution in [2.24, 2.45) is 4.99 Å². The van der Waals surface area contributed by atoms with E-state index in [1.54, 1.807) is 0 Å². The van der Waals surface area contributed by atoms with Crippen LogP contribution >= 0.6 is 0 Å². The Kier molecular flexibility index (Phi) is 16.0. The van der Waals surface area contributed by atoms with Crippen LogP contribution < -0.4 is 5.32 Å². The van der Waals surface area contributed by atoms with Gasteiger partial charge in [-0.3, -0.25) is 4.99 Å². The van der Waals surface area contributed by atoms with Crippen LogP contribution in [0.15, 0.2) is 17.3 Å². The molecular formula is C22H43N3. The molecule has 1 heterocycles. The minimum Gasteiger partial charge on any atom is -0.338 e. The van der Waals surface area contributed by atoms with Gasteiger partial charge in [-0.15, -0.1) is 0 Å². The predicted octanol–water partition coefficient (Wildman–Crippen LogP) is 5.91. The highest BCUT2D eigenvalue weighted by molar-refractivity contribution is 5.58. The summed E-state index contributed by atoms with van der Waals surface area (Å²) in [4.78, 5) is 6.39. The molecule has 1 rings (SSSR count). The van der Waals surface area contributed by atoms with E-state index in [-0.39, 0.29) is 0 Å². The van der Waals surface area contributed by atoms with Crippen LogP contribution in [0.1, 0.15) is 96.8 Å². The third-order valence-corrected chi connectivity index (χ3v) is 4.99. The molecule has 0 aromatic rings. The second-order valence-electron chi connectivity index (χ2n) is 7.38. The maximum Gasteiger partial charge on any atom is 0.0890 e. The first-order valence-electron chi connectivity index (χ1n) is 11.1. The van der Waals surface area contributed by atoms with E-state index < -0.39 is 0 Å². The number of allylic oxidation sites excluding steroid dienone is 1. The maximum absolute atomic E-state index is 4.21. The fourth-order valence-corrected chi connectivity index (χ4v) is 3.35. The number of nitrogens with one attached hydrogen (secondary N) is 1. The second-order valence-corrected chi connectivity index (χ2v) is 7.38. The molecule has 3 nitrogen and oxygen atoms in total. The molecule has 0 atom stereocenters. The van der Waals surface area contributed by atoms with Crippen molar-refractivity contribution in [2.75, 3.05) is 26.2 Å². The summed E-state index contributed by atoms with van der Waals surface area (Å²) in [5.41, 5.74) is 0. The van der Waals surface area contributed by atoms with Gasteiger partial charge in [-0.2, -0.15) is 0 Å². The van der Waals surface area contributed by atoms with Gasteiger partial charge < -0.3 is 10.2 Å². The van der Waals surface area contributed by atoms with E-state index in [4.69, 9.17) is 0 Å². The lowest BCUT2D eigenvalue weighted by Gasteiger charge is -2.05. The van der Waals surface area contributed by atoms with E-state index in [0.717, 1.165) is 19.6 Å². The van der Waals surface area contributed by atoms with Gasteiger partial charge in [0.2, 0.25) is 0 Å². The zero-order chi connectivity index (χ0) is 17.8. The highest BCUT2D eigenvalue weighted by Gasteiger charge is 1.99. The fourth-order valence-electron chi connectivity index (χ4n) is 3.35. The van der Waals surface area contributed by atoms with E-state index >= 15 is 0 Å². The Morgan fingerprint density at radius 3 is 1.92 bits per heavy atom. The lowest BCUT2D eigenvalue weighted by Crippen LogP contribution is -2.13. The summed E-state index contributed by atoms with van der Waals surface area (Å²) in [6.07, 6.45) is 26.2. The molecule has 0 saturated heterocycles. The Balaban J connectivity index is 1.67. The number of unbranched alkanes of at least 4 members (excludes halogenated alkanes) is 13. The molecule has 0 aromatic carbocycles. The second kappa shape index (κ2) is 18.0. The van der Waals surface area contributed by atoms with Crippen molar-refractivity contribution in [3.8, 4) is 0 Å². The van der Waals surface area contributed by atoms with Gasteiger partial charge in [-0.1, -0.05) is 83.6 Å². The zero-order valence-electron chi connectivity index (χ0n) is 16.9. The Hall–Kier alpha value is -0.830. The van der Waals surface area contributed by atoms with Crippen LogP contribution in [0.5, 0.6) is 0 Å². The van der Waals surface area contributed by atoms with Gasteiger partial charge in [0.15, 0.2) is 0 Å². The monoisotopic (exact) mass is 349 g/mol. The number of hydrogen-bond donors (Lipinski definition) is 1. The van der Waals surface area contributed by atoms with E-state index in [1.165, 1.54) is 96.4 Å². The Morgan fingerprint density at radius 1 is 0.840 bits per heavy atom. The first kappa shape index (κ1) is 22.2. The first-order valence-corrected chi connectivity index (χ1v) is 11.1. The molecule has 0 radical (unpaired) electrons. The lowest BCUT2D eigenvalue weighted by atomic mass is 10.0. The molecule has 0 saturated carbocycles. The summed E-state index contributed by atoms with van der Waals surface area (Å²) in [5.74, 6) is 0. The molecule has 0 spiro atoms. The molecule has 25 heavy (non-hydrogen) atoms. The highest BCUT2D eigenvalue weighted by Crippen LogP contribution is 2.13. The van der Waals surface area contributed by atoms with Crippen molar-refractivity contribution in [1.29, 1.82) is 0 Å². The van der Waals surface area contributed by atoms with E-state index in [2.05, 4.69) is 34.4 Å². The number of aliphatic imine (C=N–C) groups is 1. The zero-order valence-corrected chi connectivity index (χ0v) is 16.9. The topological polar surface area (TPSA) is 27.6 Å². The molecule has 3 heteroatoms. The molecule has 146 valence electrons. The molecule has 1 aliphatic rings. The van der Waals surface area contributed by atoms with E-state index in [1.807, 2.05) is 6.34 Å². The predicted molar refractivity (Wildman–Crippen MR) is 112 cm³/mol. The van der Waals surface area contributed by atoms with Crippen LogP contribution in [0.4, 0.5) is 0 Å². The summed E-state index contributed by atoms with van der Waals surface area (Å²) in [5, 5.41) is 3.40. The number of rotatable bonds is 18. The van der Waals surface area contributed by atoms with Gasteiger partial charge in [-0.25, -0.2) is 0 Å². The standard InChI is InChI=1S/C22H43N3/c1-2-23-18-16-14-12-10-8-6-4-3-5-7-9-11-13-15-17-20-25-21-19-24-22-25/h17,20,22-23H,2-16,18-19,21H2,1H3. The number of hydrogen-bond acceptors (Lipinski definition) is 3. The minimum atomic E-state index is 0.959. The first-order chi connectivity index (χ1) is 12.4. The van der Waals surface area contributed by atoms with Crippen molar-refractivity contribution < 1.29 is 0 Å². The molecule has 0 fully saturated rings. The van der Waals surface area contributed by atoms with E-state index in [0.29, 0.717) is 0 Å². The summed E-state index contributed by atoms with van der Waals surface area (Å²) >= 11 is 0. The van der Waals surface area contributed by atoms with Crippen molar-refractivity contribution in [3.05, 3.63) is 12.3 Å². The van der Waals surface area contributed by atoms with Gasteiger partial charge in [0.05, 0.1) is 12.9 Å². The van der Waals surface area contributed by atoms with Crippen molar-refractivity contribution >= 4 is 6.34 Å². The van der Waals surface area contributed by atoms with E-state index in [9.17, 15) is 0 Å². The van der Waals surface area contributed by atoms with Gasteiger partial charge in [-0.05, 0) is 32.4 Å². The van der Waals surface area contributed by atoms with Crippen LogP contribution in [0, 0.1) is 0 Å². The molecule has 0 aromatic heterocycles. The normalized spacial score (nSPS) is 14.2. The maximum atomic E-state index is 4.21. The summed E-state index contributed by atoms with van der Waals surface area (Å²) < 4.78 is 0. The molecule has 0 amide bonds. The van der Waals surface area contributed by atoms with Gasteiger partial charge >= 0.3 is 0 Å². The molecule has 0 unspecified atom stereocenters. The Labute approximate surface area is 157 Å². The summed E-state index contributed by atoms with van der Waals surface area (Å²) in [6.45, 7) is 6.53. The van der Waals surface area contributed by atoms with Crippen LogP contribution in [-0.2, 0) is 0 Å². The SMILES string of the molecule is CCNCCCCCCCCCCCCCCCC=CN1C=NCC1. The molecule has 1 aliphatic heterocycles. The van der Waals surface area contributed by atoms with Crippen molar-refractivity contribution in [3.63, 3.8) is 0 Å². The van der Waals surface area contributed by atoms with Crippen LogP contribution in [0.25, 0.3) is 0 Å².